The van der Waals surface area contributed by atoms with Crippen LogP contribution in [0.5, 0.6) is 11.5 Å². The molecule has 0 saturated carbocycles. The number of hydrogen-bond acceptors (Lipinski definition) is 7. The molecule has 0 aliphatic carbocycles. The molecule has 3 rings (SSSR count). The minimum atomic E-state index is -0.836. The molecule has 2 N–H and O–H groups in total. The van der Waals surface area contributed by atoms with Gasteiger partial charge in [-0.1, -0.05) is 38.1 Å². The van der Waals surface area contributed by atoms with Gasteiger partial charge in [-0.25, -0.2) is 9.59 Å². The van der Waals surface area contributed by atoms with Crippen molar-refractivity contribution >= 4 is 17.6 Å². The van der Waals surface area contributed by atoms with E-state index in [1.54, 1.807) is 24.3 Å². The minimum absolute atomic E-state index is 0.0497. The van der Waals surface area contributed by atoms with Crippen LogP contribution in [0.1, 0.15) is 34.6 Å². The fourth-order valence-corrected chi connectivity index (χ4v) is 3.18. The third-order valence-electron chi connectivity index (χ3n) is 4.79. The highest BCUT2D eigenvalue weighted by Crippen LogP contribution is 2.22. The van der Waals surface area contributed by atoms with Crippen molar-refractivity contribution in [2.45, 2.75) is 20.4 Å². The number of aromatic nitrogens is 2. The first-order valence-electron chi connectivity index (χ1n) is 10.3. The third-order valence-corrected chi connectivity index (χ3v) is 4.79. The van der Waals surface area contributed by atoms with Gasteiger partial charge in [0.05, 0.1) is 5.56 Å². The molecule has 1 heterocycles. The molecule has 9 nitrogen and oxygen atoms in total. The second-order valence-electron chi connectivity index (χ2n) is 7.85. The molecule has 1 aromatic heterocycles. The van der Waals surface area contributed by atoms with Crippen LogP contribution in [0.2, 0.25) is 0 Å². The van der Waals surface area contributed by atoms with Crippen LogP contribution < -0.4 is 21.7 Å². The van der Waals surface area contributed by atoms with Gasteiger partial charge in [-0.3, -0.25) is 18.7 Å². The van der Waals surface area contributed by atoms with Crippen LogP contribution in [0, 0.1) is 5.92 Å². The van der Waals surface area contributed by atoms with E-state index in [4.69, 9.17) is 15.2 Å². The summed E-state index contributed by atoms with van der Waals surface area (Å²) in [5, 5.41) is 0. The second kappa shape index (κ2) is 9.99. The van der Waals surface area contributed by atoms with E-state index in [9.17, 15) is 19.2 Å². The molecule has 0 fully saturated rings. The molecule has 0 spiro atoms. The Hall–Kier alpha value is -4.14. The fourth-order valence-electron chi connectivity index (χ4n) is 3.18. The van der Waals surface area contributed by atoms with Gasteiger partial charge in [-0.15, -0.1) is 0 Å². The first kappa shape index (κ1) is 23.5. The number of carbonyl (C=O) groups excluding carboxylic acids is 2. The molecule has 172 valence electrons. The Balaban J connectivity index is 1.77. The van der Waals surface area contributed by atoms with Crippen LogP contribution in [0.25, 0.3) is 0 Å². The lowest BCUT2D eigenvalue weighted by Gasteiger charge is -2.16. The smallest absolute Gasteiger partial charge is 0.338 e. The van der Waals surface area contributed by atoms with Gasteiger partial charge in [0.25, 0.3) is 5.56 Å². The largest absolute Gasteiger partial charge is 0.457 e. The van der Waals surface area contributed by atoms with Crippen LogP contribution in [0.3, 0.4) is 0 Å². The lowest BCUT2D eigenvalue weighted by atomic mass is 10.1. The van der Waals surface area contributed by atoms with Gasteiger partial charge in [0.15, 0.2) is 6.61 Å². The van der Waals surface area contributed by atoms with Crippen molar-refractivity contribution in [1.29, 1.82) is 0 Å². The molecule has 0 aliphatic rings. The highest BCUT2D eigenvalue weighted by atomic mass is 16.5. The van der Waals surface area contributed by atoms with Gasteiger partial charge in [0, 0.05) is 13.6 Å². The fraction of sp³-hybridized carbons (Fsp3) is 0.250. The molecule has 0 atom stereocenters. The van der Waals surface area contributed by atoms with E-state index in [-0.39, 0.29) is 29.4 Å². The van der Waals surface area contributed by atoms with Crippen LogP contribution in [-0.4, -0.2) is 27.5 Å². The molecule has 0 aliphatic heterocycles. The Morgan fingerprint density at radius 3 is 2.33 bits per heavy atom. The third kappa shape index (κ3) is 5.38. The summed E-state index contributed by atoms with van der Waals surface area (Å²) in [6.07, 6.45) is 0. The Labute approximate surface area is 190 Å². The van der Waals surface area contributed by atoms with Gasteiger partial charge in [-0.2, -0.15) is 0 Å². The molecule has 0 amide bonds. The van der Waals surface area contributed by atoms with Gasteiger partial charge in [-0.05, 0) is 36.2 Å². The van der Waals surface area contributed by atoms with E-state index >= 15 is 0 Å². The summed E-state index contributed by atoms with van der Waals surface area (Å²) >= 11 is 0. The first-order valence-corrected chi connectivity index (χ1v) is 10.3. The van der Waals surface area contributed by atoms with Gasteiger partial charge >= 0.3 is 11.7 Å². The zero-order valence-corrected chi connectivity index (χ0v) is 18.6. The second-order valence-corrected chi connectivity index (χ2v) is 7.85. The summed E-state index contributed by atoms with van der Waals surface area (Å²) in [4.78, 5) is 50.1. The number of nitrogens with zero attached hydrogens (tertiary/aromatic N) is 2. The van der Waals surface area contributed by atoms with E-state index in [1.807, 2.05) is 32.0 Å². The van der Waals surface area contributed by atoms with Crippen molar-refractivity contribution < 1.29 is 19.1 Å². The van der Waals surface area contributed by atoms with Crippen molar-refractivity contribution in [3.8, 4) is 11.5 Å². The number of nitrogen functional groups attached to an aromatic ring is 1. The number of hydrogen-bond donors (Lipinski definition) is 1. The maximum absolute atomic E-state index is 12.7. The molecule has 0 unspecified atom stereocenters. The number of benzene rings is 2. The van der Waals surface area contributed by atoms with Gasteiger partial charge in [0.2, 0.25) is 5.78 Å². The summed E-state index contributed by atoms with van der Waals surface area (Å²) in [6.45, 7) is 3.26. The zero-order valence-electron chi connectivity index (χ0n) is 18.6. The molecule has 9 heteroatoms. The van der Waals surface area contributed by atoms with Crippen molar-refractivity contribution in [2.75, 3.05) is 12.3 Å². The number of anilines is 1. The topological polar surface area (TPSA) is 123 Å². The number of para-hydroxylation sites is 1. The average Bonchev–Trinajstić information content (AvgIpc) is 2.79. The van der Waals surface area contributed by atoms with E-state index < -0.39 is 29.6 Å². The summed E-state index contributed by atoms with van der Waals surface area (Å²) in [5.74, 6) is -0.741. The van der Waals surface area contributed by atoms with Crippen molar-refractivity contribution in [1.82, 2.24) is 9.13 Å². The lowest BCUT2D eigenvalue weighted by molar-refractivity contribution is 0.0474. The predicted octanol–water partition coefficient (Wildman–Crippen LogP) is 2.62. The number of rotatable bonds is 8. The highest BCUT2D eigenvalue weighted by Gasteiger charge is 2.23. The van der Waals surface area contributed by atoms with Crippen LogP contribution in [0.15, 0.2) is 64.2 Å². The standard InChI is InChI=1S/C24H25N3O6/c1-15(2)13-27-21(25)20(22(29)26(3)24(27)31)19(28)14-32-23(30)16-8-7-11-18(12-16)33-17-9-5-4-6-10-17/h4-12,15H,13-14,25H2,1-3H3. The normalized spacial score (nSPS) is 10.8. The number of ether oxygens (including phenoxy) is 2. The lowest BCUT2D eigenvalue weighted by Crippen LogP contribution is -2.43. The van der Waals surface area contributed by atoms with Crippen molar-refractivity contribution in [3.05, 3.63) is 86.6 Å². The SMILES string of the molecule is CC(C)Cn1c(N)c(C(=O)COC(=O)c2cccc(Oc3ccccc3)c2)c(=O)n(C)c1=O. The molecule has 33 heavy (non-hydrogen) atoms. The number of nitrogens with two attached hydrogens (primary N) is 1. The summed E-state index contributed by atoms with van der Waals surface area (Å²) in [7, 11) is 1.27. The molecule has 2 aromatic carbocycles. The molecule has 0 bridgehead atoms. The monoisotopic (exact) mass is 451 g/mol. The maximum Gasteiger partial charge on any atom is 0.338 e. The minimum Gasteiger partial charge on any atom is -0.457 e. The number of Topliss-reactive ketones (excluding diaryl/α,β-unsaturated/α-hetero) is 1. The maximum atomic E-state index is 12.7. The number of ketones is 1. The van der Waals surface area contributed by atoms with Crippen molar-refractivity contribution in [2.24, 2.45) is 13.0 Å². The van der Waals surface area contributed by atoms with Crippen LogP contribution in [0.4, 0.5) is 5.82 Å². The Morgan fingerprint density at radius 1 is 1.00 bits per heavy atom. The quantitative estimate of drug-likeness (QED) is 0.412. The number of esters is 1. The van der Waals surface area contributed by atoms with Gasteiger partial charge in [0.1, 0.15) is 22.9 Å². The van der Waals surface area contributed by atoms with E-state index in [2.05, 4.69) is 0 Å². The predicted molar refractivity (Wildman–Crippen MR) is 123 cm³/mol. The number of carbonyl (C=O) groups is 2. The first-order chi connectivity index (χ1) is 15.7. The van der Waals surface area contributed by atoms with Crippen LogP contribution in [-0.2, 0) is 18.3 Å². The van der Waals surface area contributed by atoms with E-state index in [1.165, 1.54) is 23.7 Å². The van der Waals surface area contributed by atoms with Crippen molar-refractivity contribution in [3.63, 3.8) is 0 Å². The van der Waals surface area contributed by atoms with Crippen LogP contribution >= 0.6 is 0 Å². The van der Waals surface area contributed by atoms with Gasteiger partial charge < -0.3 is 15.2 Å². The van der Waals surface area contributed by atoms with E-state index in [0.29, 0.717) is 11.5 Å². The van der Waals surface area contributed by atoms with E-state index in [0.717, 1.165) is 4.57 Å². The molecular weight excluding hydrogens is 426 g/mol. The molecular formula is C24H25N3O6. The highest BCUT2D eigenvalue weighted by molar-refractivity contribution is 6.02. The zero-order chi connectivity index (χ0) is 24.1. The summed E-state index contributed by atoms with van der Waals surface area (Å²) in [6, 6.07) is 15.3. The molecule has 3 aromatic rings. The Morgan fingerprint density at radius 2 is 1.67 bits per heavy atom. The Kier molecular flexibility index (Phi) is 7.12. The average molecular weight is 451 g/mol. The summed E-state index contributed by atoms with van der Waals surface area (Å²) < 4.78 is 12.8. The Bertz CT molecular complexity index is 1290. The molecule has 0 radical (unpaired) electrons. The summed E-state index contributed by atoms with van der Waals surface area (Å²) in [5.41, 5.74) is 4.32. The molecule has 0 saturated heterocycles.